The van der Waals surface area contributed by atoms with Gasteiger partial charge in [0.25, 0.3) is 0 Å². The minimum atomic E-state index is -0.618. The number of carbonyl (C=O) groups excluding carboxylic acids is 1. The van der Waals surface area contributed by atoms with Gasteiger partial charge >= 0.3 is 0 Å². The van der Waals surface area contributed by atoms with Gasteiger partial charge in [0.2, 0.25) is 5.91 Å². The zero-order valence-electron chi connectivity index (χ0n) is 11.9. The van der Waals surface area contributed by atoms with E-state index in [1.807, 2.05) is 32.0 Å². The summed E-state index contributed by atoms with van der Waals surface area (Å²) < 4.78 is 10.4. The van der Waals surface area contributed by atoms with Crippen LogP contribution in [-0.2, 0) is 9.53 Å². The number of carbonyl (C=O) groups is 1. The van der Waals surface area contributed by atoms with E-state index in [0.29, 0.717) is 24.7 Å². The molecular formula is C14H22N2O3. The summed E-state index contributed by atoms with van der Waals surface area (Å²) >= 11 is 0. The number of ether oxygens (including phenoxy) is 2. The van der Waals surface area contributed by atoms with E-state index >= 15 is 0 Å². The van der Waals surface area contributed by atoms with E-state index in [1.165, 1.54) is 0 Å². The van der Waals surface area contributed by atoms with E-state index < -0.39 is 5.54 Å². The molecule has 0 atom stereocenters. The van der Waals surface area contributed by atoms with Crippen molar-refractivity contribution in [2.45, 2.75) is 19.4 Å². The third-order valence-corrected chi connectivity index (χ3v) is 2.84. The predicted octanol–water partition coefficient (Wildman–Crippen LogP) is 1.65. The van der Waals surface area contributed by atoms with Gasteiger partial charge < -0.3 is 20.1 Å². The fourth-order valence-corrected chi connectivity index (χ4v) is 1.31. The third kappa shape index (κ3) is 4.89. The van der Waals surface area contributed by atoms with Crippen molar-refractivity contribution in [2.75, 3.05) is 32.7 Å². The minimum absolute atomic E-state index is 0.0935. The lowest BCUT2D eigenvalue weighted by molar-refractivity contribution is -0.121. The summed E-state index contributed by atoms with van der Waals surface area (Å²) in [4.78, 5) is 12.0. The molecule has 0 aliphatic heterocycles. The second-order valence-electron chi connectivity index (χ2n) is 4.70. The Hall–Kier alpha value is -1.59. The monoisotopic (exact) mass is 266 g/mol. The number of hydrogen-bond acceptors (Lipinski definition) is 4. The maximum Gasteiger partial charge on any atom is 0.244 e. The Labute approximate surface area is 114 Å². The van der Waals surface area contributed by atoms with Gasteiger partial charge in [0, 0.05) is 18.9 Å². The highest BCUT2D eigenvalue weighted by Crippen LogP contribution is 2.18. The molecule has 0 unspecified atom stereocenters. The van der Waals surface area contributed by atoms with Gasteiger partial charge in [-0.1, -0.05) is 6.07 Å². The van der Waals surface area contributed by atoms with Crippen LogP contribution in [-0.4, -0.2) is 38.8 Å². The van der Waals surface area contributed by atoms with Crippen molar-refractivity contribution in [3.63, 3.8) is 0 Å². The van der Waals surface area contributed by atoms with Crippen LogP contribution in [0.25, 0.3) is 0 Å². The lowest BCUT2D eigenvalue weighted by Crippen LogP contribution is -2.47. The Bertz CT molecular complexity index is 419. The van der Waals surface area contributed by atoms with Crippen LogP contribution in [0.5, 0.6) is 5.75 Å². The molecule has 106 valence electrons. The number of amides is 1. The Morgan fingerprint density at radius 3 is 2.68 bits per heavy atom. The molecule has 0 radical (unpaired) electrons. The molecule has 5 heteroatoms. The highest BCUT2D eigenvalue weighted by molar-refractivity contribution is 5.97. The zero-order chi connectivity index (χ0) is 14.3. The number of methoxy groups -OCH3 is 1. The van der Waals surface area contributed by atoms with E-state index in [0.717, 1.165) is 0 Å². The van der Waals surface area contributed by atoms with E-state index in [-0.39, 0.29) is 5.91 Å². The SMILES string of the molecule is CNC(C)(C)C(=O)Nc1cccc(OCCOC)c1. The quantitative estimate of drug-likeness (QED) is 0.737. The van der Waals surface area contributed by atoms with Gasteiger partial charge in [0.1, 0.15) is 12.4 Å². The van der Waals surface area contributed by atoms with E-state index in [1.54, 1.807) is 20.2 Å². The Balaban J connectivity index is 2.64. The van der Waals surface area contributed by atoms with E-state index in [4.69, 9.17) is 9.47 Å². The first-order chi connectivity index (χ1) is 8.99. The minimum Gasteiger partial charge on any atom is -0.491 e. The average molecular weight is 266 g/mol. The van der Waals surface area contributed by atoms with Gasteiger partial charge in [-0.25, -0.2) is 0 Å². The molecule has 1 amide bonds. The highest BCUT2D eigenvalue weighted by atomic mass is 16.5. The van der Waals surface area contributed by atoms with Crippen LogP contribution in [0.3, 0.4) is 0 Å². The summed E-state index contributed by atoms with van der Waals surface area (Å²) in [5.41, 5.74) is 0.0932. The summed E-state index contributed by atoms with van der Waals surface area (Å²) in [6.07, 6.45) is 0. The summed E-state index contributed by atoms with van der Waals surface area (Å²) in [5.74, 6) is 0.612. The van der Waals surface area contributed by atoms with Crippen LogP contribution in [0.1, 0.15) is 13.8 Å². The second-order valence-corrected chi connectivity index (χ2v) is 4.70. The molecule has 0 saturated carbocycles. The predicted molar refractivity (Wildman–Crippen MR) is 75.6 cm³/mol. The van der Waals surface area contributed by atoms with E-state index in [9.17, 15) is 4.79 Å². The number of benzene rings is 1. The Morgan fingerprint density at radius 1 is 1.32 bits per heavy atom. The number of nitrogens with one attached hydrogen (secondary N) is 2. The molecule has 0 heterocycles. The van der Waals surface area contributed by atoms with Gasteiger partial charge in [-0.05, 0) is 33.0 Å². The molecule has 0 fully saturated rings. The second kappa shape index (κ2) is 7.11. The van der Waals surface area contributed by atoms with Crippen LogP contribution >= 0.6 is 0 Å². The molecule has 1 rings (SSSR count). The van der Waals surface area contributed by atoms with Crippen LogP contribution < -0.4 is 15.4 Å². The summed E-state index contributed by atoms with van der Waals surface area (Å²) in [6.45, 7) is 4.65. The van der Waals surface area contributed by atoms with Gasteiger partial charge in [-0.3, -0.25) is 4.79 Å². The fourth-order valence-electron chi connectivity index (χ4n) is 1.31. The third-order valence-electron chi connectivity index (χ3n) is 2.84. The summed E-state index contributed by atoms with van der Waals surface area (Å²) in [5, 5.41) is 5.81. The molecule has 2 N–H and O–H groups in total. The zero-order valence-corrected chi connectivity index (χ0v) is 11.9. The Kier molecular flexibility index (Phi) is 5.79. The number of anilines is 1. The lowest BCUT2D eigenvalue weighted by Gasteiger charge is -2.22. The molecule has 1 aromatic carbocycles. The number of rotatable bonds is 7. The van der Waals surface area contributed by atoms with Crippen LogP contribution in [0, 0.1) is 0 Å². The summed E-state index contributed by atoms with van der Waals surface area (Å²) in [7, 11) is 3.38. The normalized spacial score (nSPS) is 11.2. The fraction of sp³-hybridized carbons (Fsp3) is 0.500. The van der Waals surface area contributed by atoms with Gasteiger partial charge in [0.15, 0.2) is 0 Å². The van der Waals surface area contributed by atoms with Crippen molar-refractivity contribution in [3.8, 4) is 5.75 Å². The highest BCUT2D eigenvalue weighted by Gasteiger charge is 2.25. The Morgan fingerprint density at radius 2 is 2.05 bits per heavy atom. The van der Waals surface area contributed by atoms with Gasteiger partial charge in [0.05, 0.1) is 12.1 Å². The average Bonchev–Trinajstić information content (AvgIpc) is 2.39. The van der Waals surface area contributed by atoms with Crippen LogP contribution in [0.15, 0.2) is 24.3 Å². The van der Waals surface area contributed by atoms with Crippen LogP contribution in [0.4, 0.5) is 5.69 Å². The summed E-state index contributed by atoms with van der Waals surface area (Å²) in [6, 6.07) is 7.30. The maximum atomic E-state index is 12.0. The van der Waals surface area contributed by atoms with E-state index in [2.05, 4.69) is 10.6 Å². The molecule has 0 bridgehead atoms. The molecule has 0 aliphatic rings. The van der Waals surface area contributed by atoms with Gasteiger partial charge in [-0.15, -0.1) is 0 Å². The molecule has 0 aliphatic carbocycles. The first kappa shape index (κ1) is 15.5. The van der Waals surface area contributed by atoms with Crippen molar-refractivity contribution >= 4 is 11.6 Å². The van der Waals surface area contributed by atoms with Crippen molar-refractivity contribution in [1.29, 1.82) is 0 Å². The van der Waals surface area contributed by atoms with Crippen molar-refractivity contribution in [3.05, 3.63) is 24.3 Å². The number of likely N-dealkylation sites (N-methyl/N-ethyl adjacent to an activating group) is 1. The van der Waals surface area contributed by atoms with Crippen molar-refractivity contribution in [2.24, 2.45) is 0 Å². The maximum absolute atomic E-state index is 12.0. The standard InChI is InChI=1S/C14H22N2O3/c1-14(2,15-3)13(17)16-11-6-5-7-12(10-11)19-9-8-18-4/h5-7,10,15H,8-9H2,1-4H3,(H,16,17). The van der Waals surface area contributed by atoms with Crippen LogP contribution in [0.2, 0.25) is 0 Å². The number of hydrogen-bond donors (Lipinski definition) is 2. The van der Waals surface area contributed by atoms with Crippen molar-refractivity contribution < 1.29 is 14.3 Å². The molecule has 19 heavy (non-hydrogen) atoms. The van der Waals surface area contributed by atoms with Crippen molar-refractivity contribution in [1.82, 2.24) is 5.32 Å². The topological polar surface area (TPSA) is 59.6 Å². The molecule has 0 saturated heterocycles. The molecule has 1 aromatic rings. The molecule has 0 spiro atoms. The molecular weight excluding hydrogens is 244 g/mol. The van der Waals surface area contributed by atoms with Gasteiger partial charge in [-0.2, -0.15) is 0 Å². The smallest absolute Gasteiger partial charge is 0.244 e. The largest absolute Gasteiger partial charge is 0.491 e. The first-order valence-corrected chi connectivity index (χ1v) is 6.22. The molecule has 0 aromatic heterocycles. The molecule has 5 nitrogen and oxygen atoms in total. The lowest BCUT2D eigenvalue weighted by atomic mass is 10.1. The first-order valence-electron chi connectivity index (χ1n) is 6.22.